The number of imidazole rings is 1. The van der Waals surface area contributed by atoms with E-state index in [4.69, 9.17) is 11.6 Å². The molecule has 0 saturated carbocycles. The standard InChI is InChI=1S/C15H17ClN4O2S2/c1-4-12-14(20-15(17-12)23-13(18-20)9(2)3)24(21,22)19-11-7-5-6-10(16)8-11/h5-9,19H,4H2,1-3H3. The summed E-state index contributed by atoms with van der Waals surface area (Å²) in [7, 11) is -3.83. The minimum atomic E-state index is -3.83. The first kappa shape index (κ1) is 17.2. The number of rotatable bonds is 5. The van der Waals surface area contributed by atoms with Gasteiger partial charge in [0.15, 0.2) is 0 Å². The van der Waals surface area contributed by atoms with E-state index in [1.807, 2.05) is 20.8 Å². The van der Waals surface area contributed by atoms with Crippen molar-refractivity contribution in [2.45, 2.75) is 38.1 Å². The van der Waals surface area contributed by atoms with E-state index in [1.54, 1.807) is 24.3 Å². The molecule has 0 atom stereocenters. The molecule has 0 fully saturated rings. The van der Waals surface area contributed by atoms with E-state index >= 15 is 0 Å². The maximum absolute atomic E-state index is 12.9. The van der Waals surface area contributed by atoms with Crippen molar-refractivity contribution in [2.24, 2.45) is 0 Å². The molecule has 3 rings (SSSR count). The highest BCUT2D eigenvalue weighted by Crippen LogP contribution is 2.28. The molecule has 2 aromatic heterocycles. The van der Waals surface area contributed by atoms with Gasteiger partial charge in [-0.25, -0.2) is 4.98 Å². The van der Waals surface area contributed by atoms with E-state index in [2.05, 4.69) is 14.8 Å². The van der Waals surface area contributed by atoms with Crippen molar-refractivity contribution < 1.29 is 8.42 Å². The second-order valence-electron chi connectivity index (χ2n) is 5.62. The highest BCUT2D eigenvalue weighted by atomic mass is 35.5. The molecule has 1 aromatic carbocycles. The molecular weight excluding hydrogens is 368 g/mol. The molecule has 0 saturated heterocycles. The second-order valence-corrected chi connectivity index (χ2v) is 8.64. The number of halogens is 1. The van der Waals surface area contributed by atoms with Gasteiger partial charge in [0.05, 0.1) is 11.4 Å². The highest BCUT2D eigenvalue weighted by molar-refractivity contribution is 7.92. The number of fused-ring (bicyclic) bond motifs is 1. The summed E-state index contributed by atoms with van der Waals surface area (Å²) in [4.78, 5) is 5.02. The van der Waals surface area contributed by atoms with Crippen LogP contribution in [0.2, 0.25) is 5.02 Å². The molecule has 6 nitrogen and oxygen atoms in total. The van der Waals surface area contributed by atoms with Gasteiger partial charge in [0, 0.05) is 10.9 Å². The van der Waals surface area contributed by atoms with E-state index in [0.29, 0.717) is 27.8 Å². The van der Waals surface area contributed by atoms with Crippen molar-refractivity contribution in [1.82, 2.24) is 14.6 Å². The molecule has 0 aliphatic carbocycles. The third-order valence-corrected chi connectivity index (χ3v) is 6.27. The summed E-state index contributed by atoms with van der Waals surface area (Å²) in [6.07, 6.45) is 0.499. The summed E-state index contributed by atoms with van der Waals surface area (Å²) in [5.74, 6) is 0.207. The molecule has 24 heavy (non-hydrogen) atoms. The summed E-state index contributed by atoms with van der Waals surface area (Å²) in [5, 5.41) is 5.82. The predicted molar refractivity (Wildman–Crippen MR) is 96.6 cm³/mol. The lowest BCUT2D eigenvalue weighted by Crippen LogP contribution is -2.17. The van der Waals surface area contributed by atoms with Crippen LogP contribution in [-0.2, 0) is 16.4 Å². The number of hydrogen-bond acceptors (Lipinski definition) is 5. The summed E-state index contributed by atoms with van der Waals surface area (Å²) in [5.41, 5.74) is 0.900. The van der Waals surface area contributed by atoms with Crippen LogP contribution in [0.15, 0.2) is 29.3 Å². The van der Waals surface area contributed by atoms with Crippen LogP contribution in [-0.4, -0.2) is 23.0 Å². The molecule has 0 unspecified atom stereocenters. The smallest absolute Gasteiger partial charge is 0.278 e. The molecule has 9 heteroatoms. The predicted octanol–water partition coefficient (Wildman–Crippen LogP) is 3.93. The Bertz CT molecular complexity index is 992. The van der Waals surface area contributed by atoms with Crippen LogP contribution >= 0.6 is 22.9 Å². The maximum atomic E-state index is 12.9. The Labute approximate surface area is 149 Å². The van der Waals surface area contributed by atoms with Crippen LogP contribution in [0, 0.1) is 0 Å². The molecule has 0 spiro atoms. The van der Waals surface area contributed by atoms with Crippen molar-refractivity contribution >= 4 is 43.6 Å². The number of aromatic nitrogens is 3. The first-order valence-corrected chi connectivity index (χ1v) is 10.2. The summed E-state index contributed by atoms with van der Waals surface area (Å²) < 4.78 is 29.8. The fraction of sp³-hybridized carbons (Fsp3) is 0.333. The lowest BCUT2D eigenvalue weighted by atomic mass is 10.2. The Hall–Kier alpha value is -1.64. The van der Waals surface area contributed by atoms with Gasteiger partial charge in [0.25, 0.3) is 10.0 Å². The van der Waals surface area contributed by atoms with Gasteiger partial charge in [0.2, 0.25) is 9.99 Å². The van der Waals surface area contributed by atoms with Crippen LogP contribution in [0.5, 0.6) is 0 Å². The van der Waals surface area contributed by atoms with Gasteiger partial charge in [-0.3, -0.25) is 4.72 Å². The fourth-order valence-corrected chi connectivity index (χ4v) is 4.83. The van der Waals surface area contributed by atoms with Gasteiger partial charge in [-0.15, -0.1) is 0 Å². The number of nitrogens with one attached hydrogen (secondary N) is 1. The van der Waals surface area contributed by atoms with Crippen LogP contribution in [0.3, 0.4) is 0 Å². The SMILES string of the molecule is CCc1nc2sc(C(C)C)nn2c1S(=O)(=O)Nc1cccc(Cl)c1. The van der Waals surface area contributed by atoms with E-state index < -0.39 is 10.0 Å². The fourth-order valence-electron chi connectivity index (χ4n) is 2.27. The Balaban J connectivity index is 2.11. The van der Waals surface area contributed by atoms with Crippen molar-refractivity contribution in [3.8, 4) is 0 Å². The minimum absolute atomic E-state index is 0.0862. The quantitative estimate of drug-likeness (QED) is 0.723. The van der Waals surface area contributed by atoms with E-state index in [9.17, 15) is 8.42 Å². The number of aryl methyl sites for hydroxylation is 1. The number of anilines is 1. The first-order chi connectivity index (χ1) is 11.3. The van der Waals surface area contributed by atoms with Crippen molar-refractivity contribution in [2.75, 3.05) is 4.72 Å². The summed E-state index contributed by atoms with van der Waals surface area (Å²) in [6, 6.07) is 6.58. The van der Waals surface area contributed by atoms with Gasteiger partial charge in [-0.05, 0) is 24.6 Å². The number of benzene rings is 1. The van der Waals surface area contributed by atoms with Crippen molar-refractivity contribution in [3.05, 3.63) is 40.0 Å². The van der Waals surface area contributed by atoms with Crippen molar-refractivity contribution in [1.29, 1.82) is 0 Å². The monoisotopic (exact) mass is 384 g/mol. The molecule has 0 bridgehead atoms. The molecular formula is C15H17ClN4O2S2. The molecule has 0 amide bonds. The van der Waals surface area contributed by atoms with Gasteiger partial charge >= 0.3 is 0 Å². The summed E-state index contributed by atoms with van der Waals surface area (Å²) in [6.45, 7) is 5.89. The minimum Gasteiger partial charge on any atom is -0.278 e. The molecule has 0 aliphatic rings. The average Bonchev–Trinajstić information content (AvgIpc) is 3.03. The zero-order valence-electron chi connectivity index (χ0n) is 13.4. The normalized spacial score (nSPS) is 12.2. The Kier molecular flexibility index (Phi) is 4.54. The zero-order chi connectivity index (χ0) is 17.5. The largest absolute Gasteiger partial charge is 0.281 e. The van der Waals surface area contributed by atoms with Gasteiger partial charge in [0.1, 0.15) is 5.01 Å². The van der Waals surface area contributed by atoms with Gasteiger partial charge in [-0.1, -0.05) is 49.8 Å². The van der Waals surface area contributed by atoms with Gasteiger partial charge in [-0.2, -0.15) is 18.0 Å². The third kappa shape index (κ3) is 3.13. The maximum Gasteiger partial charge on any atom is 0.281 e. The number of hydrogen-bond donors (Lipinski definition) is 1. The lowest BCUT2D eigenvalue weighted by molar-refractivity contribution is 0.591. The number of nitrogens with zero attached hydrogens (tertiary/aromatic N) is 3. The van der Waals surface area contributed by atoms with Crippen LogP contribution < -0.4 is 4.72 Å². The lowest BCUT2D eigenvalue weighted by Gasteiger charge is -2.08. The average molecular weight is 385 g/mol. The van der Waals surface area contributed by atoms with E-state index in [0.717, 1.165) is 5.01 Å². The first-order valence-electron chi connectivity index (χ1n) is 7.48. The third-order valence-electron chi connectivity index (χ3n) is 3.41. The Morgan fingerprint density at radius 3 is 2.75 bits per heavy atom. The Morgan fingerprint density at radius 2 is 2.12 bits per heavy atom. The van der Waals surface area contributed by atoms with Crippen molar-refractivity contribution in [3.63, 3.8) is 0 Å². The zero-order valence-corrected chi connectivity index (χ0v) is 15.8. The highest BCUT2D eigenvalue weighted by Gasteiger charge is 2.27. The molecule has 0 radical (unpaired) electrons. The molecule has 128 valence electrons. The molecule has 2 heterocycles. The van der Waals surface area contributed by atoms with Gasteiger partial charge < -0.3 is 0 Å². The number of sulfonamides is 1. The van der Waals surface area contributed by atoms with E-state index in [-0.39, 0.29) is 10.9 Å². The topological polar surface area (TPSA) is 76.4 Å². The van der Waals surface area contributed by atoms with E-state index in [1.165, 1.54) is 15.9 Å². The molecule has 1 N–H and O–H groups in total. The Morgan fingerprint density at radius 1 is 1.38 bits per heavy atom. The van der Waals surface area contributed by atoms with Crippen LogP contribution in [0.25, 0.3) is 4.96 Å². The molecule has 0 aliphatic heterocycles. The van der Waals surface area contributed by atoms with Crippen LogP contribution in [0.1, 0.15) is 37.4 Å². The second kappa shape index (κ2) is 6.34. The molecule has 3 aromatic rings. The van der Waals surface area contributed by atoms with Crippen LogP contribution in [0.4, 0.5) is 5.69 Å². The summed E-state index contributed by atoms with van der Waals surface area (Å²) >= 11 is 7.34.